The standard InChI is InChI=1S/C11H16BIN2O2/c1-8(15-12(2)17)11(16)14-7-9-3-5-10(13)6-4-9/h3-6,8,15,17H,7H2,1-2H3,(H,14,16). The number of carbonyl (C=O) groups is 1. The molecule has 0 aromatic heterocycles. The zero-order chi connectivity index (χ0) is 12.8. The predicted molar refractivity (Wildman–Crippen MR) is 77.4 cm³/mol. The van der Waals surface area contributed by atoms with Crippen molar-refractivity contribution in [2.75, 3.05) is 0 Å². The first-order valence-corrected chi connectivity index (χ1v) is 6.53. The van der Waals surface area contributed by atoms with E-state index in [0.29, 0.717) is 6.54 Å². The predicted octanol–water partition coefficient (Wildman–Crippen LogP) is 0.996. The Bertz CT molecular complexity index is 370. The minimum absolute atomic E-state index is 0.121. The molecule has 0 saturated carbocycles. The summed E-state index contributed by atoms with van der Waals surface area (Å²) in [5, 5.41) is 14.6. The van der Waals surface area contributed by atoms with Gasteiger partial charge in [0.2, 0.25) is 5.91 Å². The monoisotopic (exact) mass is 346 g/mol. The first-order valence-electron chi connectivity index (χ1n) is 5.45. The molecule has 0 heterocycles. The third kappa shape index (κ3) is 5.51. The van der Waals surface area contributed by atoms with Gasteiger partial charge >= 0.3 is 7.05 Å². The maximum atomic E-state index is 11.6. The van der Waals surface area contributed by atoms with Crippen LogP contribution in [0.2, 0.25) is 6.82 Å². The summed E-state index contributed by atoms with van der Waals surface area (Å²) < 4.78 is 1.17. The lowest BCUT2D eigenvalue weighted by atomic mass is 9.87. The number of nitrogens with one attached hydrogen (secondary N) is 2. The molecule has 1 unspecified atom stereocenters. The lowest BCUT2D eigenvalue weighted by molar-refractivity contribution is -0.122. The number of halogens is 1. The fourth-order valence-corrected chi connectivity index (χ4v) is 1.74. The van der Waals surface area contributed by atoms with E-state index in [-0.39, 0.29) is 5.91 Å². The Morgan fingerprint density at radius 2 is 2.06 bits per heavy atom. The average Bonchev–Trinajstić information content (AvgIpc) is 2.27. The molecule has 4 nitrogen and oxygen atoms in total. The van der Waals surface area contributed by atoms with Gasteiger partial charge in [-0.15, -0.1) is 0 Å². The van der Waals surface area contributed by atoms with Crippen LogP contribution in [0, 0.1) is 3.57 Å². The number of benzene rings is 1. The zero-order valence-electron chi connectivity index (χ0n) is 9.90. The van der Waals surface area contributed by atoms with Gasteiger partial charge in [-0.1, -0.05) is 12.1 Å². The van der Waals surface area contributed by atoms with Crippen molar-refractivity contribution in [1.29, 1.82) is 0 Å². The summed E-state index contributed by atoms with van der Waals surface area (Å²) in [6.07, 6.45) is 0. The van der Waals surface area contributed by atoms with Crippen molar-refractivity contribution in [2.24, 2.45) is 0 Å². The molecular formula is C11H16BIN2O2. The molecule has 1 rings (SSSR count). The van der Waals surface area contributed by atoms with E-state index in [4.69, 9.17) is 5.02 Å². The summed E-state index contributed by atoms with van der Waals surface area (Å²) >= 11 is 2.24. The molecule has 17 heavy (non-hydrogen) atoms. The van der Waals surface area contributed by atoms with Gasteiger partial charge in [0.15, 0.2) is 0 Å². The number of amides is 1. The topological polar surface area (TPSA) is 61.4 Å². The van der Waals surface area contributed by atoms with Gasteiger partial charge in [-0.2, -0.15) is 0 Å². The Hall–Kier alpha value is -0.595. The summed E-state index contributed by atoms with van der Waals surface area (Å²) in [6, 6.07) is 7.56. The molecule has 0 aliphatic carbocycles. The van der Waals surface area contributed by atoms with E-state index in [9.17, 15) is 4.79 Å². The largest absolute Gasteiger partial charge is 0.437 e. The Kier molecular flexibility index (Phi) is 5.94. The van der Waals surface area contributed by atoms with Crippen LogP contribution in [-0.4, -0.2) is 24.0 Å². The molecule has 0 radical (unpaired) electrons. The molecule has 0 saturated heterocycles. The van der Waals surface area contributed by atoms with E-state index < -0.39 is 13.1 Å². The quantitative estimate of drug-likeness (QED) is 0.551. The van der Waals surface area contributed by atoms with Crippen molar-refractivity contribution in [3.8, 4) is 0 Å². The van der Waals surface area contributed by atoms with Gasteiger partial charge < -0.3 is 15.6 Å². The van der Waals surface area contributed by atoms with Gasteiger partial charge in [0, 0.05) is 10.1 Å². The lowest BCUT2D eigenvalue weighted by Crippen LogP contribution is -2.47. The summed E-state index contributed by atoms with van der Waals surface area (Å²) in [5.74, 6) is -0.121. The van der Waals surface area contributed by atoms with Gasteiger partial charge in [0.25, 0.3) is 0 Å². The van der Waals surface area contributed by atoms with Crippen molar-refractivity contribution in [3.63, 3.8) is 0 Å². The molecule has 1 aromatic rings. The number of rotatable bonds is 5. The van der Waals surface area contributed by atoms with E-state index >= 15 is 0 Å². The second-order valence-electron chi connectivity index (χ2n) is 3.91. The second-order valence-corrected chi connectivity index (χ2v) is 5.15. The van der Waals surface area contributed by atoms with E-state index in [2.05, 4.69) is 33.1 Å². The van der Waals surface area contributed by atoms with Crippen LogP contribution in [0.3, 0.4) is 0 Å². The molecule has 1 amide bonds. The van der Waals surface area contributed by atoms with Gasteiger partial charge in [0.05, 0.1) is 6.04 Å². The highest BCUT2D eigenvalue weighted by Gasteiger charge is 2.15. The summed E-state index contributed by atoms with van der Waals surface area (Å²) in [4.78, 5) is 11.6. The first-order chi connectivity index (χ1) is 7.99. The molecule has 0 bridgehead atoms. The van der Waals surface area contributed by atoms with Crippen LogP contribution in [0.5, 0.6) is 0 Å². The minimum Gasteiger partial charge on any atom is -0.437 e. The number of carbonyl (C=O) groups excluding carboxylic acids is 1. The average molecular weight is 346 g/mol. The van der Waals surface area contributed by atoms with Crippen molar-refractivity contribution in [1.82, 2.24) is 10.5 Å². The molecular weight excluding hydrogens is 330 g/mol. The summed E-state index contributed by atoms with van der Waals surface area (Å²) in [6.45, 7) is 3.81. The molecule has 0 spiro atoms. The van der Waals surface area contributed by atoms with Crippen LogP contribution >= 0.6 is 22.6 Å². The maximum absolute atomic E-state index is 11.6. The van der Waals surface area contributed by atoms with Gasteiger partial charge in [-0.05, 0) is 54.0 Å². The third-order valence-electron chi connectivity index (χ3n) is 2.26. The highest BCUT2D eigenvalue weighted by Crippen LogP contribution is 2.06. The third-order valence-corrected chi connectivity index (χ3v) is 2.98. The van der Waals surface area contributed by atoms with Crippen LogP contribution in [0.15, 0.2) is 24.3 Å². The Balaban J connectivity index is 2.40. The first kappa shape index (κ1) is 14.5. The summed E-state index contributed by atoms with van der Waals surface area (Å²) in [5.41, 5.74) is 1.06. The molecule has 1 aromatic carbocycles. The van der Waals surface area contributed by atoms with Gasteiger partial charge in [-0.3, -0.25) is 4.79 Å². The zero-order valence-corrected chi connectivity index (χ0v) is 12.1. The number of hydrogen-bond acceptors (Lipinski definition) is 3. The van der Waals surface area contributed by atoms with E-state index in [1.54, 1.807) is 13.7 Å². The molecule has 92 valence electrons. The van der Waals surface area contributed by atoms with Crippen LogP contribution in [0.4, 0.5) is 0 Å². The van der Waals surface area contributed by atoms with E-state index in [0.717, 1.165) is 5.56 Å². The van der Waals surface area contributed by atoms with Crippen molar-refractivity contribution in [3.05, 3.63) is 33.4 Å². The highest BCUT2D eigenvalue weighted by atomic mass is 127. The minimum atomic E-state index is -0.686. The van der Waals surface area contributed by atoms with Crippen LogP contribution < -0.4 is 10.5 Å². The Morgan fingerprint density at radius 1 is 1.47 bits per heavy atom. The highest BCUT2D eigenvalue weighted by molar-refractivity contribution is 14.1. The number of hydrogen-bond donors (Lipinski definition) is 3. The molecule has 0 aliphatic heterocycles. The van der Waals surface area contributed by atoms with Gasteiger partial charge in [-0.25, -0.2) is 0 Å². The molecule has 0 fully saturated rings. The Morgan fingerprint density at radius 3 is 2.59 bits per heavy atom. The fraction of sp³-hybridized carbons (Fsp3) is 0.364. The van der Waals surface area contributed by atoms with E-state index in [1.165, 1.54) is 3.57 Å². The molecule has 3 N–H and O–H groups in total. The normalized spacial score (nSPS) is 12.0. The van der Waals surface area contributed by atoms with Crippen LogP contribution in [0.25, 0.3) is 0 Å². The van der Waals surface area contributed by atoms with Crippen LogP contribution in [-0.2, 0) is 11.3 Å². The molecule has 1 atom stereocenters. The molecule has 6 heteroatoms. The SMILES string of the molecule is CB(O)NC(C)C(=O)NCc1ccc(I)cc1. The molecule has 0 aliphatic rings. The lowest BCUT2D eigenvalue weighted by Gasteiger charge is -2.14. The summed E-state index contributed by atoms with van der Waals surface area (Å²) in [7, 11) is -0.686. The smallest absolute Gasteiger partial charge is 0.374 e. The van der Waals surface area contributed by atoms with Crippen molar-refractivity contribution < 1.29 is 9.82 Å². The van der Waals surface area contributed by atoms with Crippen LogP contribution in [0.1, 0.15) is 12.5 Å². The van der Waals surface area contributed by atoms with Crippen molar-refractivity contribution in [2.45, 2.75) is 26.3 Å². The maximum Gasteiger partial charge on any atom is 0.374 e. The van der Waals surface area contributed by atoms with Crippen molar-refractivity contribution >= 4 is 35.5 Å². The van der Waals surface area contributed by atoms with Gasteiger partial charge in [0.1, 0.15) is 0 Å². The second kappa shape index (κ2) is 6.98. The fourth-order valence-electron chi connectivity index (χ4n) is 1.38. The Labute approximate surface area is 115 Å². The van der Waals surface area contributed by atoms with E-state index in [1.807, 2.05) is 24.3 Å².